The molecule has 0 fully saturated rings. The molecule has 0 aromatic carbocycles. The summed E-state index contributed by atoms with van der Waals surface area (Å²) in [7, 11) is -2.99. The summed E-state index contributed by atoms with van der Waals surface area (Å²) in [5.74, 6) is -2.13. The van der Waals surface area contributed by atoms with Crippen LogP contribution in [0.15, 0.2) is 24.3 Å². The zero-order valence-electron chi connectivity index (χ0n) is 14.8. The third kappa shape index (κ3) is 4.39. The van der Waals surface area contributed by atoms with Crippen molar-refractivity contribution in [1.29, 1.82) is 0 Å². The van der Waals surface area contributed by atoms with Crippen LogP contribution < -0.4 is 14.8 Å². The zero-order chi connectivity index (χ0) is 20.2. The van der Waals surface area contributed by atoms with Crippen molar-refractivity contribution < 1.29 is 27.9 Å². The van der Waals surface area contributed by atoms with E-state index in [0.717, 1.165) is 0 Å². The summed E-state index contributed by atoms with van der Waals surface area (Å²) in [5, 5.41) is 11.6. The minimum absolute atomic E-state index is 0.0586. The number of allylic oxidation sites excluding steroid dienone is 2. The summed E-state index contributed by atoms with van der Waals surface area (Å²) in [6, 6.07) is -0.983. The highest BCUT2D eigenvalue weighted by atomic mass is 32.2. The van der Waals surface area contributed by atoms with Gasteiger partial charge in [-0.2, -0.15) is 9.97 Å². The van der Waals surface area contributed by atoms with E-state index in [0.29, 0.717) is 5.82 Å². The standard InChI is InChI=1S/C15H19N5O6S/c1-9-17-11(19-14(18-9)26-3)8-16-13(23)20-27(24,25)15(2)7-5-4-6-10(15)12(21)22/h4-7,10H,8H2,1-3H3,(H,21,22)(H2,16,20,23). The van der Waals surface area contributed by atoms with E-state index < -0.39 is 32.7 Å². The van der Waals surface area contributed by atoms with E-state index in [-0.39, 0.29) is 18.4 Å². The second kappa shape index (κ2) is 7.70. The Morgan fingerprint density at radius 3 is 2.63 bits per heavy atom. The van der Waals surface area contributed by atoms with Crippen molar-refractivity contribution >= 4 is 22.0 Å². The molecule has 2 rings (SSSR count). The maximum atomic E-state index is 12.6. The van der Waals surface area contributed by atoms with Gasteiger partial charge in [-0.15, -0.1) is 0 Å². The van der Waals surface area contributed by atoms with Crippen LogP contribution in [0.5, 0.6) is 6.01 Å². The fourth-order valence-electron chi connectivity index (χ4n) is 2.41. The molecule has 1 aromatic rings. The highest BCUT2D eigenvalue weighted by Crippen LogP contribution is 2.32. The summed E-state index contributed by atoms with van der Waals surface area (Å²) in [6.07, 6.45) is 5.32. The minimum Gasteiger partial charge on any atom is -0.481 e. The molecule has 2 atom stereocenters. The lowest BCUT2D eigenvalue weighted by atomic mass is 9.89. The molecule has 0 spiro atoms. The molecule has 0 saturated heterocycles. The number of carbonyl (C=O) groups excluding carboxylic acids is 1. The van der Waals surface area contributed by atoms with Crippen LogP contribution in [-0.2, 0) is 21.4 Å². The third-order valence-electron chi connectivity index (χ3n) is 3.89. The first kappa shape index (κ1) is 20.3. The lowest BCUT2D eigenvalue weighted by Gasteiger charge is -2.31. The second-order valence-electron chi connectivity index (χ2n) is 5.82. The van der Waals surface area contributed by atoms with E-state index in [9.17, 15) is 23.1 Å². The number of carboxylic acids is 1. The van der Waals surface area contributed by atoms with Crippen molar-refractivity contribution in [3.63, 3.8) is 0 Å². The molecule has 2 unspecified atom stereocenters. The molecule has 3 N–H and O–H groups in total. The summed E-state index contributed by atoms with van der Waals surface area (Å²) in [6.45, 7) is 2.64. The molecule has 0 aliphatic heterocycles. The maximum Gasteiger partial charge on any atom is 0.328 e. The number of amides is 2. The number of carboxylic acid groups (broad SMARTS) is 1. The van der Waals surface area contributed by atoms with Crippen LogP contribution >= 0.6 is 0 Å². The summed E-state index contributed by atoms with van der Waals surface area (Å²) in [5.41, 5.74) is 0. The normalized spacial score (nSPS) is 21.5. The Kier molecular flexibility index (Phi) is 5.78. The number of carbonyl (C=O) groups is 2. The number of urea groups is 1. The number of methoxy groups -OCH3 is 1. The lowest BCUT2D eigenvalue weighted by molar-refractivity contribution is -0.140. The van der Waals surface area contributed by atoms with Gasteiger partial charge in [0.15, 0.2) is 5.82 Å². The Bertz CT molecular complexity index is 913. The number of sulfonamides is 1. The Hall–Kier alpha value is -3.02. The Morgan fingerprint density at radius 2 is 2.00 bits per heavy atom. The van der Waals surface area contributed by atoms with Gasteiger partial charge in [-0.3, -0.25) is 4.79 Å². The summed E-state index contributed by atoms with van der Waals surface area (Å²) >= 11 is 0. The summed E-state index contributed by atoms with van der Waals surface area (Å²) in [4.78, 5) is 35.2. The molecule has 0 bridgehead atoms. The van der Waals surface area contributed by atoms with Gasteiger partial charge >= 0.3 is 18.0 Å². The number of aryl methyl sites for hydroxylation is 1. The van der Waals surface area contributed by atoms with E-state index in [1.54, 1.807) is 6.92 Å². The topological polar surface area (TPSA) is 160 Å². The minimum atomic E-state index is -4.36. The molecule has 1 aromatic heterocycles. The van der Waals surface area contributed by atoms with Crippen molar-refractivity contribution in [2.24, 2.45) is 5.92 Å². The highest BCUT2D eigenvalue weighted by molar-refractivity contribution is 7.91. The molecular weight excluding hydrogens is 378 g/mol. The fraction of sp³-hybridized carbons (Fsp3) is 0.400. The number of nitrogens with one attached hydrogen (secondary N) is 2. The molecule has 1 heterocycles. The molecule has 12 heteroatoms. The fourth-order valence-corrected chi connectivity index (χ4v) is 3.72. The number of ether oxygens (including phenoxy) is 1. The Balaban J connectivity index is 2.10. The number of rotatable bonds is 6. The SMILES string of the molecule is COc1nc(C)nc(CNC(=O)NS(=O)(=O)C2(C)C=CC=CC2C(=O)O)n1. The van der Waals surface area contributed by atoms with Crippen molar-refractivity contribution in [3.05, 3.63) is 36.0 Å². The average Bonchev–Trinajstić information content (AvgIpc) is 2.59. The van der Waals surface area contributed by atoms with Gasteiger partial charge < -0.3 is 15.2 Å². The predicted molar refractivity (Wildman–Crippen MR) is 93.2 cm³/mol. The van der Waals surface area contributed by atoms with E-state index in [1.807, 2.05) is 4.72 Å². The van der Waals surface area contributed by atoms with Gasteiger partial charge in [-0.1, -0.05) is 24.3 Å². The van der Waals surface area contributed by atoms with Gasteiger partial charge in [-0.25, -0.2) is 22.9 Å². The van der Waals surface area contributed by atoms with Gasteiger partial charge in [0.05, 0.1) is 19.6 Å². The van der Waals surface area contributed by atoms with E-state index in [4.69, 9.17) is 4.74 Å². The van der Waals surface area contributed by atoms with Gasteiger partial charge in [0, 0.05) is 0 Å². The molecule has 0 radical (unpaired) electrons. The summed E-state index contributed by atoms with van der Waals surface area (Å²) < 4.78 is 30.1. The molecule has 1 aliphatic carbocycles. The Morgan fingerprint density at radius 1 is 1.30 bits per heavy atom. The largest absolute Gasteiger partial charge is 0.481 e. The molecule has 146 valence electrons. The monoisotopic (exact) mass is 397 g/mol. The first-order valence-corrected chi connectivity index (χ1v) is 9.22. The first-order valence-electron chi connectivity index (χ1n) is 7.73. The van der Waals surface area contributed by atoms with Crippen LogP contribution in [-0.4, -0.2) is 52.3 Å². The Labute approximate surface area is 155 Å². The molecule has 27 heavy (non-hydrogen) atoms. The van der Waals surface area contributed by atoms with Gasteiger partial charge in [0.2, 0.25) is 10.0 Å². The van der Waals surface area contributed by atoms with Crippen LogP contribution in [0.3, 0.4) is 0 Å². The van der Waals surface area contributed by atoms with Crippen molar-refractivity contribution in [2.45, 2.75) is 25.1 Å². The van der Waals surface area contributed by atoms with E-state index in [1.165, 1.54) is 38.3 Å². The molecule has 2 amide bonds. The van der Waals surface area contributed by atoms with Crippen LogP contribution in [0.1, 0.15) is 18.6 Å². The molecule has 0 saturated carbocycles. The van der Waals surface area contributed by atoms with Crippen LogP contribution in [0.25, 0.3) is 0 Å². The van der Waals surface area contributed by atoms with E-state index in [2.05, 4.69) is 20.3 Å². The molecule has 1 aliphatic rings. The smallest absolute Gasteiger partial charge is 0.328 e. The quantitative estimate of drug-likeness (QED) is 0.595. The number of aliphatic carboxylic acids is 1. The van der Waals surface area contributed by atoms with Crippen LogP contribution in [0.4, 0.5) is 4.79 Å². The number of hydrogen-bond donors (Lipinski definition) is 3. The number of aromatic nitrogens is 3. The second-order valence-corrected chi connectivity index (χ2v) is 7.91. The van der Waals surface area contributed by atoms with Gasteiger partial charge in [-0.05, 0) is 13.8 Å². The van der Waals surface area contributed by atoms with Gasteiger partial charge in [0.1, 0.15) is 10.6 Å². The zero-order valence-corrected chi connectivity index (χ0v) is 15.6. The number of hydrogen-bond acceptors (Lipinski definition) is 8. The molecule has 11 nitrogen and oxygen atoms in total. The number of nitrogens with zero attached hydrogens (tertiary/aromatic N) is 3. The highest BCUT2D eigenvalue weighted by Gasteiger charge is 2.48. The van der Waals surface area contributed by atoms with Gasteiger partial charge in [0.25, 0.3) is 0 Å². The van der Waals surface area contributed by atoms with Crippen molar-refractivity contribution in [2.75, 3.05) is 7.11 Å². The third-order valence-corrected chi connectivity index (χ3v) is 5.90. The van der Waals surface area contributed by atoms with Crippen LogP contribution in [0.2, 0.25) is 0 Å². The van der Waals surface area contributed by atoms with Crippen molar-refractivity contribution in [1.82, 2.24) is 25.0 Å². The maximum absolute atomic E-state index is 12.6. The van der Waals surface area contributed by atoms with E-state index >= 15 is 0 Å². The van der Waals surface area contributed by atoms with Crippen LogP contribution in [0, 0.1) is 12.8 Å². The average molecular weight is 397 g/mol. The first-order chi connectivity index (χ1) is 12.6. The van der Waals surface area contributed by atoms with Crippen molar-refractivity contribution in [3.8, 4) is 6.01 Å². The lowest BCUT2D eigenvalue weighted by Crippen LogP contribution is -2.53. The predicted octanol–water partition coefficient (Wildman–Crippen LogP) is -0.0969. The molecular formula is C15H19N5O6S.